The van der Waals surface area contributed by atoms with E-state index in [0.29, 0.717) is 6.54 Å². The number of hydrogen-bond acceptors (Lipinski definition) is 4. The van der Waals surface area contributed by atoms with Crippen LogP contribution in [0.4, 0.5) is 17.1 Å². The molecule has 0 fully saturated rings. The average Bonchev–Trinajstić information content (AvgIpc) is 3.44. The number of benzene rings is 4. The van der Waals surface area contributed by atoms with Crippen molar-refractivity contribution in [3.05, 3.63) is 145 Å². The highest BCUT2D eigenvalue weighted by Gasteiger charge is 2.12. The zero-order valence-corrected chi connectivity index (χ0v) is 20.2. The van der Waals surface area contributed by atoms with Crippen LogP contribution in [0.25, 0.3) is 22.5 Å². The minimum Gasteiger partial charge on any atom is -0.311 e. The Bertz CT molecular complexity index is 1520. The largest absolute Gasteiger partial charge is 0.311 e. The van der Waals surface area contributed by atoms with Crippen molar-refractivity contribution >= 4 is 17.1 Å². The molecule has 0 aliphatic carbocycles. The number of nitrogens with zero attached hydrogens (tertiary/aromatic N) is 5. The van der Waals surface area contributed by atoms with Gasteiger partial charge in [0, 0.05) is 28.8 Å². The zero-order chi connectivity index (χ0) is 24.9. The van der Waals surface area contributed by atoms with Gasteiger partial charge in [0.2, 0.25) is 0 Å². The van der Waals surface area contributed by atoms with Crippen LogP contribution in [0, 0.1) is 0 Å². The number of aromatic nitrogens is 4. The predicted octanol–water partition coefficient (Wildman–Crippen LogP) is 7.53. The van der Waals surface area contributed by atoms with Crippen LogP contribution in [0.1, 0.15) is 5.56 Å². The van der Waals surface area contributed by atoms with Gasteiger partial charge in [-0.3, -0.25) is 4.98 Å². The van der Waals surface area contributed by atoms with E-state index >= 15 is 0 Å². The predicted molar refractivity (Wildman–Crippen MR) is 149 cm³/mol. The van der Waals surface area contributed by atoms with Crippen molar-refractivity contribution in [1.82, 2.24) is 20.0 Å². The molecule has 0 aliphatic rings. The van der Waals surface area contributed by atoms with E-state index in [0.717, 1.165) is 39.6 Å². The van der Waals surface area contributed by atoms with E-state index in [9.17, 15) is 0 Å². The van der Waals surface area contributed by atoms with Gasteiger partial charge in [-0.25, -0.2) is 4.68 Å². The van der Waals surface area contributed by atoms with E-state index in [1.807, 2.05) is 53.5 Å². The first-order valence-corrected chi connectivity index (χ1v) is 12.2. The number of anilines is 3. The molecule has 37 heavy (non-hydrogen) atoms. The average molecular weight is 480 g/mol. The third kappa shape index (κ3) is 5.02. The number of rotatable bonds is 7. The summed E-state index contributed by atoms with van der Waals surface area (Å²) in [4.78, 5) is 6.93. The van der Waals surface area contributed by atoms with Gasteiger partial charge < -0.3 is 4.90 Å². The molecule has 6 rings (SSSR count). The van der Waals surface area contributed by atoms with Gasteiger partial charge in [-0.1, -0.05) is 90.1 Å². The van der Waals surface area contributed by atoms with Gasteiger partial charge in [-0.2, -0.15) is 0 Å². The summed E-state index contributed by atoms with van der Waals surface area (Å²) in [6, 6.07) is 43.7. The monoisotopic (exact) mass is 479 g/mol. The van der Waals surface area contributed by atoms with Crippen molar-refractivity contribution < 1.29 is 0 Å². The maximum atomic E-state index is 4.67. The highest BCUT2D eigenvalue weighted by Crippen LogP contribution is 2.35. The van der Waals surface area contributed by atoms with Gasteiger partial charge in [-0.15, -0.1) is 5.10 Å². The molecule has 6 aromatic rings. The maximum Gasteiger partial charge on any atom is 0.131 e. The summed E-state index contributed by atoms with van der Waals surface area (Å²) >= 11 is 0. The minimum atomic E-state index is 0.682. The molecule has 0 radical (unpaired) electrons. The number of hydrogen-bond donors (Lipinski definition) is 0. The smallest absolute Gasteiger partial charge is 0.131 e. The molecule has 0 spiro atoms. The first kappa shape index (κ1) is 22.4. The van der Waals surface area contributed by atoms with Crippen LogP contribution in [0.3, 0.4) is 0 Å². The van der Waals surface area contributed by atoms with Crippen LogP contribution in [0.15, 0.2) is 140 Å². The van der Waals surface area contributed by atoms with Crippen LogP contribution in [0.2, 0.25) is 0 Å². The molecule has 0 bridgehead atoms. The van der Waals surface area contributed by atoms with Gasteiger partial charge in [-0.05, 0) is 53.6 Å². The van der Waals surface area contributed by atoms with Crippen LogP contribution in [0.5, 0.6) is 0 Å². The third-order valence-corrected chi connectivity index (χ3v) is 6.24. The van der Waals surface area contributed by atoms with Gasteiger partial charge in [0.15, 0.2) is 0 Å². The summed E-state index contributed by atoms with van der Waals surface area (Å²) < 4.78 is 1.84. The van der Waals surface area contributed by atoms with E-state index in [4.69, 9.17) is 0 Å². The van der Waals surface area contributed by atoms with E-state index in [1.165, 1.54) is 5.56 Å². The molecule has 178 valence electrons. The Morgan fingerprint density at radius 3 is 1.70 bits per heavy atom. The summed E-state index contributed by atoms with van der Waals surface area (Å²) in [7, 11) is 0. The van der Waals surface area contributed by atoms with Crippen LogP contribution < -0.4 is 4.90 Å². The molecule has 0 amide bonds. The summed E-state index contributed by atoms with van der Waals surface area (Å²) in [6.45, 7) is 0.682. The molecule has 0 aliphatic heterocycles. The standard InChI is InChI=1S/C32H25N5/c1-4-10-25(11-5-1)23-36-24-32(34-35-36)31-21-18-27(22-33-31)26-16-19-30(20-17-26)37(28-12-6-2-7-13-28)29-14-8-3-9-15-29/h1-22,24H,23H2. The van der Waals surface area contributed by atoms with Crippen LogP contribution in [-0.4, -0.2) is 20.0 Å². The second-order valence-electron chi connectivity index (χ2n) is 8.77. The molecule has 4 aromatic carbocycles. The summed E-state index contributed by atoms with van der Waals surface area (Å²) in [5.74, 6) is 0. The molecule has 2 heterocycles. The van der Waals surface area contributed by atoms with Crippen molar-refractivity contribution in [3.8, 4) is 22.5 Å². The minimum absolute atomic E-state index is 0.682. The van der Waals surface area contributed by atoms with E-state index in [-0.39, 0.29) is 0 Å². The first-order chi connectivity index (χ1) is 18.3. The second kappa shape index (κ2) is 10.3. The fourth-order valence-electron chi connectivity index (χ4n) is 4.38. The molecule has 0 N–H and O–H groups in total. The normalized spacial score (nSPS) is 10.8. The molecule has 0 atom stereocenters. The topological polar surface area (TPSA) is 46.8 Å². The maximum absolute atomic E-state index is 4.67. The molecule has 0 saturated carbocycles. The Morgan fingerprint density at radius 1 is 0.541 bits per heavy atom. The lowest BCUT2D eigenvalue weighted by Gasteiger charge is -2.25. The Labute approximate surface area is 216 Å². The van der Waals surface area contributed by atoms with Crippen molar-refractivity contribution in [2.75, 3.05) is 4.90 Å². The van der Waals surface area contributed by atoms with Crippen LogP contribution in [-0.2, 0) is 6.54 Å². The molecule has 0 unspecified atom stereocenters. The van der Waals surface area contributed by atoms with Gasteiger partial charge in [0.1, 0.15) is 5.69 Å². The Morgan fingerprint density at radius 2 is 1.11 bits per heavy atom. The van der Waals surface area contributed by atoms with Gasteiger partial charge in [0.05, 0.1) is 18.4 Å². The molecule has 5 nitrogen and oxygen atoms in total. The second-order valence-corrected chi connectivity index (χ2v) is 8.77. The summed E-state index contributed by atoms with van der Waals surface area (Å²) in [6.07, 6.45) is 3.83. The SMILES string of the molecule is c1ccc(Cn2cc(-c3ccc(-c4ccc(N(c5ccccc5)c5ccccc5)cc4)cn3)nn2)cc1. The van der Waals surface area contributed by atoms with Crippen LogP contribution >= 0.6 is 0 Å². The highest BCUT2D eigenvalue weighted by molar-refractivity contribution is 5.78. The van der Waals surface area contributed by atoms with Crippen molar-refractivity contribution in [3.63, 3.8) is 0 Å². The van der Waals surface area contributed by atoms with Gasteiger partial charge in [0.25, 0.3) is 0 Å². The molecule has 2 aromatic heterocycles. The lowest BCUT2D eigenvalue weighted by molar-refractivity contribution is 0.650. The van der Waals surface area contributed by atoms with Crippen molar-refractivity contribution in [1.29, 1.82) is 0 Å². The summed E-state index contributed by atoms with van der Waals surface area (Å²) in [5, 5.41) is 8.59. The molecular weight excluding hydrogens is 454 g/mol. The summed E-state index contributed by atoms with van der Waals surface area (Å²) in [5.41, 5.74) is 8.25. The lowest BCUT2D eigenvalue weighted by Crippen LogP contribution is -2.09. The molecule has 5 heteroatoms. The Hall–Kier alpha value is -5.03. The van der Waals surface area contributed by atoms with E-state index in [1.54, 1.807) is 0 Å². The lowest BCUT2D eigenvalue weighted by atomic mass is 10.1. The quantitative estimate of drug-likeness (QED) is 0.237. The highest BCUT2D eigenvalue weighted by atomic mass is 15.4. The van der Waals surface area contributed by atoms with Crippen molar-refractivity contribution in [2.24, 2.45) is 0 Å². The van der Waals surface area contributed by atoms with E-state index in [2.05, 4.69) is 111 Å². The Balaban J connectivity index is 1.22. The fourth-order valence-corrected chi connectivity index (χ4v) is 4.38. The number of pyridine rings is 1. The zero-order valence-electron chi connectivity index (χ0n) is 20.2. The molecule has 0 saturated heterocycles. The van der Waals surface area contributed by atoms with E-state index < -0.39 is 0 Å². The fraction of sp³-hybridized carbons (Fsp3) is 0.0312. The van der Waals surface area contributed by atoms with Gasteiger partial charge >= 0.3 is 0 Å². The number of para-hydroxylation sites is 2. The molecular formula is C32H25N5. The third-order valence-electron chi connectivity index (χ3n) is 6.24. The van der Waals surface area contributed by atoms with Crippen molar-refractivity contribution in [2.45, 2.75) is 6.54 Å². The Kier molecular flexibility index (Phi) is 6.25. The first-order valence-electron chi connectivity index (χ1n) is 12.2.